The maximum atomic E-state index is 6.09. The summed E-state index contributed by atoms with van der Waals surface area (Å²) in [4.78, 5) is 0. The number of nitrogens with one attached hydrogen (secondary N) is 1. The summed E-state index contributed by atoms with van der Waals surface area (Å²) in [6, 6.07) is 6.15. The van der Waals surface area contributed by atoms with E-state index in [1.165, 1.54) is 24.2 Å². The number of hydrogen-bond acceptors (Lipinski definition) is 3. The third-order valence-electron chi connectivity index (χ3n) is 3.17. The zero-order valence-corrected chi connectivity index (χ0v) is 11.8. The van der Waals surface area contributed by atoms with E-state index in [-0.39, 0.29) is 0 Å². The monoisotopic (exact) mass is 271 g/mol. The van der Waals surface area contributed by atoms with Gasteiger partial charge in [-0.2, -0.15) is 11.8 Å². The van der Waals surface area contributed by atoms with Crippen LogP contribution in [0.2, 0.25) is 5.02 Å². The fraction of sp³-hybridized carbons (Fsp3) is 0.538. The molecule has 0 aromatic heterocycles. The summed E-state index contributed by atoms with van der Waals surface area (Å²) in [5.41, 5.74) is 1.17. The highest BCUT2D eigenvalue weighted by Gasteiger charge is 2.27. The van der Waals surface area contributed by atoms with Gasteiger partial charge in [0.1, 0.15) is 5.75 Å². The van der Waals surface area contributed by atoms with Gasteiger partial charge >= 0.3 is 0 Å². The van der Waals surface area contributed by atoms with Crippen LogP contribution in [0.1, 0.15) is 24.4 Å². The van der Waals surface area contributed by atoms with Crippen LogP contribution >= 0.6 is 23.4 Å². The van der Waals surface area contributed by atoms with Crippen molar-refractivity contribution in [3.05, 3.63) is 28.8 Å². The quantitative estimate of drug-likeness (QED) is 0.906. The summed E-state index contributed by atoms with van der Waals surface area (Å²) in [7, 11) is 3.71. The van der Waals surface area contributed by atoms with Gasteiger partial charge in [-0.1, -0.05) is 11.6 Å². The Labute approximate surface area is 112 Å². The number of rotatable bonds is 4. The van der Waals surface area contributed by atoms with Crippen LogP contribution < -0.4 is 10.1 Å². The van der Waals surface area contributed by atoms with Crippen LogP contribution in [-0.4, -0.2) is 25.2 Å². The van der Waals surface area contributed by atoms with E-state index in [0.29, 0.717) is 11.3 Å². The van der Waals surface area contributed by atoms with Crippen LogP contribution in [0.4, 0.5) is 0 Å². The highest BCUT2D eigenvalue weighted by atomic mass is 35.5. The first-order valence-corrected chi connectivity index (χ1v) is 7.31. The normalized spacial score (nSPS) is 21.5. The molecule has 94 valence electrons. The molecule has 0 radical (unpaired) electrons. The summed E-state index contributed by atoms with van der Waals surface area (Å²) < 4.78 is 5.43. The predicted molar refractivity (Wildman–Crippen MR) is 75.3 cm³/mol. The molecule has 2 atom stereocenters. The average Bonchev–Trinajstić information content (AvgIpc) is 2.84. The minimum atomic E-state index is 0.316. The molecule has 2 rings (SSSR count). The summed E-state index contributed by atoms with van der Waals surface area (Å²) in [5, 5.41) is 4.79. The standard InChI is InChI=1S/C13H18ClNOS/c1-15-13(12-4-3-7-17-12)10-8-9(14)5-6-11(10)16-2/h5-6,8,12-13,15H,3-4,7H2,1-2H3. The Morgan fingerprint density at radius 1 is 1.53 bits per heavy atom. The molecule has 1 aromatic rings. The molecular weight excluding hydrogens is 254 g/mol. The van der Waals surface area contributed by atoms with Crippen LogP contribution in [0.3, 0.4) is 0 Å². The van der Waals surface area contributed by atoms with Gasteiger partial charge in [0.25, 0.3) is 0 Å². The maximum Gasteiger partial charge on any atom is 0.123 e. The van der Waals surface area contributed by atoms with E-state index in [2.05, 4.69) is 5.32 Å². The molecule has 1 saturated heterocycles. The van der Waals surface area contributed by atoms with Gasteiger partial charge in [-0.15, -0.1) is 0 Å². The fourth-order valence-corrected chi connectivity index (χ4v) is 3.98. The van der Waals surface area contributed by atoms with Gasteiger partial charge in [0.05, 0.1) is 7.11 Å². The Hall–Kier alpha value is -0.380. The predicted octanol–water partition coefficient (Wildman–Crippen LogP) is 3.50. The van der Waals surface area contributed by atoms with E-state index in [0.717, 1.165) is 10.8 Å². The highest BCUT2D eigenvalue weighted by molar-refractivity contribution is 8.00. The van der Waals surface area contributed by atoms with Gasteiger partial charge in [-0.3, -0.25) is 0 Å². The van der Waals surface area contributed by atoms with Crippen molar-refractivity contribution in [2.45, 2.75) is 24.1 Å². The number of hydrogen-bond donors (Lipinski definition) is 1. The molecule has 2 nitrogen and oxygen atoms in total. The second-order valence-corrected chi connectivity index (χ2v) is 5.99. The Balaban J connectivity index is 2.31. The summed E-state index contributed by atoms with van der Waals surface area (Å²) in [6.45, 7) is 0. The van der Waals surface area contributed by atoms with Gasteiger partial charge in [0.15, 0.2) is 0 Å². The molecule has 0 aliphatic carbocycles. The molecule has 0 bridgehead atoms. The average molecular weight is 272 g/mol. The molecule has 1 aliphatic heterocycles. The molecule has 1 heterocycles. The molecular formula is C13H18ClNOS. The first kappa shape index (κ1) is 13.1. The van der Waals surface area contributed by atoms with Gasteiger partial charge in [0, 0.05) is 21.9 Å². The van der Waals surface area contributed by atoms with Crippen molar-refractivity contribution in [2.75, 3.05) is 19.9 Å². The molecule has 17 heavy (non-hydrogen) atoms. The Bertz CT molecular complexity index is 380. The van der Waals surface area contributed by atoms with Gasteiger partial charge in [-0.25, -0.2) is 0 Å². The molecule has 0 saturated carbocycles. The molecule has 4 heteroatoms. The van der Waals surface area contributed by atoms with E-state index in [1.54, 1.807) is 7.11 Å². The van der Waals surface area contributed by atoms with Crippen molar-refractivity contribution in [3.63, 3.8) is 0 Å². The van der Waals surface area contributed by atoms with Crippen molar-refractivity contribution in [2.24, 2.45) is 0 Å². The minimum absolute atomic E-state index is 0.316. The van der Waals surface area contributed by atoms with E-state index < -0.39 is 0 Å². The lowest BCUT2D eigenvalue weighted by atomic mass is 10.00. The van der Waals surface area contributed by atoms with Crippen molar-refractivity contribution < 1.29 is 4.74 Å². The van der Waals surface area contributed by atoms with Gasteiger partial charge in [0.2, 0.25) is 0 Å². The molecule has 0 amide bonds. The Morgan fingerprint density at radius 3 is 2.94 bits per heavy atom. The smallest absolute Gasteiger partial charge is 0.123 e. The van der Waals surface area contributed by atoms with E-state index in [1.807, 2.05) is 37.0 Å². The molecule has 2 unspecified atom stereocenters. The van der Waals surface area contributed by atoms with Crippen LogP contribution in [0.15, 0.2) is 18.2 Å². The maximum absolute atomic E-state index is 6.09. The second-order valence-electron chi connectivity index (χ2n) is 4.20. The number of ether oxygens (including phenoxy) is 1. The summed E-state index contributed by atoms with van der Waals surface area (Å²) in [6.07, 6.45) is 2.56. The highest BCUT2D eigenvalue weighted by Crippen LogP contribution is 2.39. The first-order chi connectivity index (χ1) is 8.26. The van der Waals surface area contributed by atoms with Crippen LogP contribution in [0.5, 0.6) is 5.75 Å². The molecule has 1 aromatic carbocycles. The number of benzene rings is 1. The Kier molecular flexibility index (Phi) is 4.60. The zero-order valence-electron chi connectivity index (χ0n) is 10.2. The van der Waals surface area contributed by atoms with Crippen molar-refractivity contribution in [1.29, 1.82) is 0 Å². The lowest BCUT2D eigenvalue weighted by molar-refractivity contribution is 0.399. The largest absolute Gasteiger partial charge is 0.496 e. The molecule has 0 spiro atoms. The third-order valence-corrected chi connectivity index (χ3v) is 4.87. The van der Waals surface area contributed by atoms with Crippen LogP contribution in [0.25, 0.3) is 0 Å². The number of methoxy groups -OCH3 is 1. The number of thioether (sulfide) groups is 1. The lowest BCUT2D eigenvalue weighted by Crippen LogP contribution is -2.26. The lowest BCUT2D eigenvalue weighted by Gasteiger charge is -2.24. The SMILES string of the molecule is CNC(c1cc(Cl)ccc1OC)C1CCCS1. The van der Waals surface area contributed by atoms with Crippen molar-refractivity contribution in [3.8, 4) is 5.75 Å². The summed E-state index contributed by atoms with van der Waals surface area (Å²) >= 11 is 8.13. The first-order valence-electron chi connectivity index (χ1n) is 5.88. The van der Waals surface area contributed by atoms with Crippen LogP contribution in [-0.2, 0) is 0 Å². The molecule has 1 aliphatic rings. The number of halogens is 1. The van der Waals surface area contributed by atoms with Gasteiger partial charge < -0.3 is 10.1 Å². The van der Waals surface area contributed by atoms with E-state index in [9.17, 15) is 0 Å². The van der Waals surface area contributed by atoms with E-state index in [4.69, 9.17) is 16.3 Å². The zero-order chi connectivity index (χ0) is 12.3. The molecule has 1 N–H and O–H groups in total. The summed E-state index contributed by atoms with van der Waals surface area (Å²) in [5.74, 6) is 2.17. The van der Waals surface area contributed by atoms with Gasteiger partial charge in [-0.05, 0) is 43.8 Å². The fourth-order valence-electron chi connectivity index (χ4n) is 2.36. The Morgan fingerprint density at radius 2 is 2.35 bits per heavy atom. The van der Waals surface area contributed by atoms with Crippen molar-refractivity contribution >= 4 is 23.4 Å². The second kappa shape index (κ2) is 5.98. The minimum Gasteiger partial charge on any atom is -0.496 e. The third kappa shape index (κ3) is 2.90. The van der Waals surface area contributed by atoms with Crippen molar-refractivity contribution in [1.82, 2.24) is 5.32 Å². The molecule has 1 fully saturated rings. The van der Waals surface area contributed by atoms with E-state index >= 15 is 0 Å². The van der Waals surface area contributed by atoms with Crippen LogP contribution in [0, 0.1) is 0 Å². The topological polar surface area (TPSA) is 21.3 Å².